The molecular weight excluding hydrogens is 260 g/mol. The van der Waals surface area contributed by atoms with E-state index in [4.69, 9.17) is 0 Å². The fraction of sp³-hybridized carbons (Fsp3) is 0.556. The van der Waals surface area contributed by atoms with Crippen LogP contribution in [0.3, 0.4) is 0 Å². The molecule has 0 aliphatic heterocycles. The van der Waals surface area contributed by atoms with Gasteiger partial charge in [0, 0.05) is 5.92 Å². The summed E-state index contributed by atoms with van der Waals surface area (Å²) in [4.78, 5) is 12.5. The summed E-state index contributed by atoms with van der Waals surface area (Å²) in [6, 6.07) is 12.6. The van der Waals surface area contributed by atoms with Crippen molar-refractivity contribution >= 4 is 5.91 Å². The first-order valence-electron chi connectivity index (χ1n) is 8.02. The summed E-state index contributed by atoms with van der Waals surface area (Å²) in [7, 11) is 0. The van der Waals surface area contributed by atoms with Gasteiger partial charge >= 0.3 is 0 Å². The van der Waals surface area contributed by atoms with Crippen LogP contribution in [0.5, 0.6) is 0 Å². The first-order valence-corrected chi connectivity index (χ1v) is 8.02. The second-order valence-electron chi connectivity index (χ2n) is 6.46. The van der Waals surface area contributed by atoms with E-state index in [0.717, 1.165) is 32.1 Å². The van der Waals surface area contributed by atoms with Crippen molar-refractivity contribution in [3.8, 4) is 6.07 Å². The molecule has 0 spiro atoms. The van der Waals surface area contributed by atoms with E-state index in [1.165, 1.54) is 18.4 Å². The van der Waals surface area contributed by atoms with E-state index in [0.29, 0.717) is 5.92 Å². The van der Waals surface area contributed by atoms with Gasteiger partial charge in [-0.05, 0) is 30.7 Å². The highest BCUT2D eigenvalue weighted by Crippen LogP contribution is 2.47. The van der Waals surface area contributed by atoms with Gasteiger partial charge in [0.1, 0.15) is 5.54 Å². The largest absolute Gasteiger partial charge is 0.338 e. The molecule has 1 N–H and O–H groups in total. The Morgan fingerprint density at radius 3 is 2.43 bits per heavy atom. The van der Waals surface area contributed by atoms with E-state index >= 15 is 0 Å². The molecule has 0 bridgehead atoms. The third-order valence-electron chi connectivity index (χ3n) is 4.89. The number of nitriles is 1. The lowest BCUT2D eigenvalue weighted by atomic mass is 9.91. The molecule has 2 aliphatic rings. The molecule has 2 fully saturated rings. The minimum atomic E-state index is -0.614. The third-order valence-corrected chi connectivity index (χ3v) is 4.89. The van der Waals surface area contributed by atoms with Crippen molar-refractivity contribution in [3.63, 3.8) is 0 Å². The van der Waals surface area contributed by atoms with Crippen molar-refractivity contribution < 1.29 is 4.79 Å². The highest BCUT2D eigenvalue weighted by atomic mass is 16.2. The maximum Gasteiger partial charge on any atom is 0.224 e. The lowest BCUT2D eigenvalue weighted by Crippen LogP contribution is -2.47. The Balaban J connectivity index is 1.63. The highest BCUT2D eigenvalue weighted by molar-refractivity contribution is 5.84. The molecule has 0 aromatic heterocycles. The summed E-state index contributed by atoms with van der Waals surface area (Å²) in [5.74, 6) is 0.473. The summed E-state index contributed by atoms with van der Waals surface area (Å²) in [5, 5.41) is 12.6. The molecule has 1 aromatic carbocycles. The molecule has 1 amide bonds. The number of carbonyl (C=O) groups is 1. The first kappa shape index (κ1) is 14.1. The van der Waals surface area contributed by atoms with Gasteiger partial charge < -0.3 is 5.32 Å². The maximum absolute atomic E-state index is 12.5. The van der Waals surface area contributed by atoms with Gasteiger partial charge in [-0.3, -0.25) is 4.79 Å². The second kappa shape index (κ2) is 5.89. The minimum absolute atomic E-state index is 0.0564. The summed E-state index contributed by atoms with van der Waals surface area (Å²) >= 11 is 0. The van der Waals surface area contributed by atoms with Crippen molar-refractivity contribution in [2.75, 3.05) is 0 Å². The van der Waals surface area contributed by atoms with Gasteiger partial charge in [-0.15, -0.1) is 0 Å². The van der Waals surface area contributed by atoms with Crippen LogP contribution in [0.25, 0.3) is 0 Å². The van der Waals surface area contributed by atoms with Gasteiger partial charge in [0.15, 0.2) is 0 Å². The molecule has 21 heavy (non-hydrogen) atoms. The zero-order valence-electron chi connectivity index (χ0n) is 12.3. The van der Waals surface area contributed by atoms with E-state index in [2.05, 4.69) is 23.5 Å². The fourth-order valence-corrected chi connectivity index (χ4v) is 3.48. The molecule has 0 heterocycles. The van der Waals surface area contributed by atoms with Crippen LogP contribution < -0.4 is 5.32 Å². The smallest absolute Gasteiger partial charge is 0.224 e. The lowest BCUT2D eigenvalue weighted by Gasteiger charge is -2.26. The number of rotatable bonds is 3. The second-order valence-corrected chi connectivity index (χ2v) is 6.46. The predicted molar refractivity (Wildman–Crippen MR) is 81.5 cm³/mol. The standard InChI is InChI=1S/C18H22N2O/c19-13-18(10-6-1-2-7-11-18)20-17(21)16-12-15(16)14-8-4-3-5-9-14/h3-5,8-9,15-16H,1-2,6-7,10-12H2,(H,20,21). The van der Waals surface area contributed by atoms with E-state index in [1.807, 2.05) is 18.2 Å². The highest BCUT2D eigenvalue weighted by Gasteiger charge is 2.46. The fourth-order valence-electron chi connectivity index (χ4n) is 3.48. The normalized spacial score (nSPS) is 27.2. The van der Waals surface area contributed by atoms with E-state index in [-0.39, 0.29) is 11.8 Å². The Labute approximate surface area is 126 Å². The zero-order chi connectivity index (χ0) is 14.7. The number of hydrogen-bond acceptors (Lipinski definition) is 2. The summed E-state index contributed by atoms with van der Waals surface area (Å²) < 4.78 is 0. The topological polar surface area (TPSA) is 52.9 Å². The van der Waals surface area contributed by atoms with Crippen LogP contribution in [0.4, 0.5) is 0 Å². The molecule has 3 nitrogen and oxygen atoms in total. The van der Waals surface area contributed by atoms with Gasteiger partial charge in [0.05, 0.1) is 6.07 Å². The van der Waals surface area contributed by atoms with Crippen LogP contribution in [0.1, 0.15) is 56.4 Å². The first-order chi connectivity index (χ1) is 10.2. The van der Waals surface area contributed by atoms with Crippen LogP contribution in [-0.4, -0.2) is 11.4 Å². The van der Waals surface area contributed by atoms with E-state index in [9.17, 15) is 10.1 Å². The molecule has 3 rings (SSSR count). The molecule has 2 saturated carbocycles. The van der Waals surface area contributed by atoms with Crippen molar-refractivity contribution in [1.82, 2.24) is 5.32 Å². The van der Waals surface area contributed by atoms with Gasteiger partial charge in [0.2, 0.25) is 5.91 Å². The average molecular weight is 282 g/mol. The molecular formula is C18H22N2O. The molecule has 1 aromatic rings. The van der Waals surface area contributed by atoms with Gasteiger partial charge in [-0.2, -0.15) is 5.26 Å². The van der Waals surface area contributed by atoms with Gasteiger partial charge in [-0.1, -0.05) is 56.0 Å². The van der Waals surface area contributed by atoms with Crippen LogP contribution in [0.2, 0.25) is 0 Å². The Bertz CT molecular complexity index is 538. The summed E-state index contributed by atoms with van der Waals surface area (Å²) in [6.07, 6.45) is 6.96. The Morgan fingerprint density at radius 1 is 1.14 bits per heavy atom. The summed E-state index contributed by atoms with van der Waals surface area (Å²) in [5.41, 5.74) is 0.627. The lowest BCUT2D eigenvalue weighted by molar-refractivity contribution is -0.123. The van der Waals surface area contributed by atoms with Crippen molar-refractivity contribution in [1.29, 1.82) is 5.26 Å². The zero-order valence-corrected chi connectivity index (χ0v) is 12.3. The van der Waals surface area contributed by atoms with Crippen LogP contribution in [0, 0.1) is 17.2 Å². The number of benzene rings is 1. The van der Waals surface area contributed by atoms with E-state index in [1.54, 1.807) is 0 Å². The molecule has 110 valence electrons. The Morgan fingerprint density at radius 2 is 1.81 bits per heavy atom. The molecule has 0 saturated heterocycles. The van der Waals surface area contributed by atoms with Crippen molar-refractivity contribution in [2.45, 2.75) is 56.4 Å². The number of nitrogens with one attached hydrogen (secondary N) is 1. The van der Waals surface area contributed by atoms with Gasteiger partial charge in [0.25, 0.3) is 0 Å². The monoisotopic (exact) mass is 282 g/mol. The van der Waals surface area contributed by atoms with Crippen LogP contribution >= 0.6 is 0 Å². The number of hydrogen-bond donors (Lipinski definition) is 1. The molecule has 3 heteroatoms. The Kier molecular flexibility index (Phi) is 3.96. The van der Waals surface area contributed by atoms with E-state index < -0.39 is 5.54 Å². The van der Waals surface area contributed by atoms with Crippen LogP contribution in [0.15, 0.2) is 30.3 Å². The minimum Gasteiger partial charge on any atom is -0.338 e. The molecule has 0 radical (unpaired) electrons. The number of nitrogens with zero attached hydrogens (tertiary/aromatic N) is 1. The average Bonchev–Trinajstić information content (AvgIpc) is 3.33. The molecule has 2 atom stereocenters. The predicted octanol–water partition coefficient (Wildman–Crippen LogP) is 3.52. The number of carbonyl (C=O) groups excluding carboxylic acids is 1. The number of amides is 1. The quantitative estimate of drug-likeness (QED) is 0.862. The third kappa shape index (κ3) is 3.10. The van der Waals surface area contributed by atoms with Crippen LogP contribution in [-0.2, 0) is 4.79 Å². The van der Waals surface area contributed by atoms with Crippen molar-refractivity contribution in [3.05, 3.63) is 35.9 Å². The molecule has 2 aliphatic carbocycles. The summed E-state index contributed by atoms with van der Waals surface area (Å²) in [6.45, 7) is 0. The molecule has 2 unspecified atom stereocenters. The van der Waals surface area contributed by atoms with Gasteiger partial charge in [-0.25, -0.2) is 0 Å². The Hall–Kier alpha value is -1.82. The van der Waals surface area contributed by atoms with Crippen molar-refractivity contribution in [2.24, 2.45) is 5.92 Å². The maximum atomic E-state index is 12.5. The SMILES string of the molecule is N#CC1(NC(=O)C2CC2c2ccccc2)CCCCCC1.